The summed E-state index contributed by atoms with van der Waals surface area (Å²) in [4.78, 5) is 0. The van der Waals surface area contributed by atoms with Crippen LogP contribution >= 0.6 is 0 Å². The Bertz CT molecular complexity index is 591. The number of aromatic nitrogens is 2. The van der Waals surface area contributed by atoms with E-state index < -0.39 is 29.0 Å². The lowest BCUT2D eigenvalue weighted by molar-refractivity contribution is -0.142. The molecular formula is C12H7F6N2. The summed E-state index contributed by atoms with van der Waals surface area (Å²) < 4.78 is 78.5. The van der Waals surface area contributed by atoms with Crippen LogP contribution in [0.15, 0.2) is 24.3 Å². The molecule has 1 heterocycles. The van der Waals surface area contributed by atoms with E-state index in [4.69, 9.17) is 0 Å². The molecule has 107 valence electrons. The Balaban J connectivity index is 2.83. The number of nitrogens with zero attached hydrogens (tertiary/aromatic N) is 2. The molecule has 0 amide bonds. The normalized spacial score (nSPS) is 12.8. The highest BCUT2D eigenvalue weighted by Gasteiger charge is 2.41. The minimum absolute atomic E-state index is 0.301. The summed E-state index contributed by atoms with van der Waals surface area (Å²) in [7, 11) is 1.25. The summed E-state index contributed by atoms with van der Waals surface area (Å²) in [6.07, 6.45) is -7.57. The minimum atomic E-state index is -4.90. The van der Waals surface area contributed by atoms with Crippen LogP contribution in [0.2, 0.25) is 0 Å². The van der Waals surface area contributed by atoms with Crippen LogP contribution in [-0.2, 0) is 19.4 Å². The first-order valence-corrected chi connectivity index (χ1v) is 5.30. The van der Waals surface area contributed by atoms with Crippen LogP contribution in [0.4, 0.5) is 26.3 Å². The molecule has 2 aromatic rings. The van der Waals surface area contributed by atoms with Gasteiger partial charge in [-0.1, -0.05) is 6.07 Å². The zero-order chi connectivity index (χ0) is 15.1. The molecule has 0 saturated carbocycles. The van der Waals surface area contributed by atoms with Crippen molar-refractivity contribution in [3.8, 4) is 11.3 Å². The fourth-order valence-corrected chi connectivity index (χ4v) is 1.86. The first-order valence-electron chi connectivity index (χ1n) is 5.30. The predicted octanol–water partition coefficient (Wildman–Crippen LogP) is 3.92. The molecule has 1 aromatic carbocycles. The van der Waals surface area contributed by atoms with Gasteiger partial charge in [0, 0.05) is 12.6 Å². The van der Waals surface area contributed by atoms with Gasteiger partial charge in [-0.05, 0) is 18.2 Å². The molecule has 1 aromatic heterocycles. The monoisotopic (exact) mass is 293 g/mol. The van der Waals surface area contributed by atoms with Crippen LogP contribution < -0.4 is 0 Å². The average molecular weight is 293 g/mol. The summed E-state index contributed by atoms with van der Waals surface area (Å²) in [6.45, 7) is 0. The highest BCUT2D eigenvalue weighted by Crippen LogP contribution is 2.43. The molecule has 0 aliphatic carbocycles. The highest BCUT2D eigenvalue weighted by atomic mass is 19.4. The van der Waals surface area contributed by atoms with Crippen molar-refractivity contribution in [2.45, 2.75) is 12.4 Å². The van der Waals surface area contributed by atoms with Crippen molar-refractivity contribution in [3.63, 3.8) is 0 Å². The molecule has 1 radical (unpaired) electrons. The fraction of sp³-hybridized carbons (Fsp3) is 0.250. The molecular weight excluding hydrogens is 286 g/mol. The van der Waals surface area contributed by atoms with E-state index in [1.54, 1.807) is 0 Å². The largest absolute Gasteiger partial charge is 0.417 e. The molecule has 0 unspecified atom stereocenters. The van der Waals surface area contributed by atoms with Crippen molar-refractivity contribution in [1.82, 2.24) is 9.78 Å². The predicted molar refractivity (Wildman–Crippen MR) is 57.5 cm³/mol. The number of aryl methyl sites for hydroxylation is 1. The summed E-state index contributed by atoms with van der Waals surface area (Å²) in [6, 6.07) is 2.93. The number of benzene rings is 1. The van der Waals surface area contributed by atoms with Gasteiger partial charge in [0.15, 0.2) is 0 Å². The van der Waals surface area contributed by atoms with Crippen LogP contribution in [0.1, 0.15) is 11.1 Å². The minimum Gasteiger partial charge on any atom is -0.267 e. The van der Waals surface area contributed by atoms with Gasteiger partial charge in [-0.2, -0.15) is 31.4 Å². The van der Waals surface area contributed by atoms with Crippen molar-refractivity contribution in [1.29, 1.82) is 0 Å². The Labute approximate surface area is 109 Å². The molecule has 0 atom stereocenters. The van der Waals surface area contributed by atoms with Crippen molar-refractivity contribution in [2.24, 2.45) is 7.05 Å². The van der Waals surface area contributed by atoms with Gasteiger partial charge < -0.3 is 0 Å². The van der Waals surface area contributed by atoms with E-state index in [2.05, 4.69) is 11.3 Å². The van der Waals surface area contributed by atoms with E-state index in [9.17, 15) is 26.3 Å². The van der Waals surface area contributed by atoms with Crippen LogP contribution in [0, 0.1) is 6.20 Å². The van der Waals surface area contributed by atoms with Gasteiger partial charge in [-0.15, -0.1) is 0 Å². The van der Waals surface area contributed by atoms with Gasteiger partial charge in [0.05, 0.1) is 16.8 Å². The summed E-state index contributed by atoms with van der Waals surface area (Å²) in [5, 5.41) is 3.50. The number of halogens is 6. The first-order chi connectivity index (χ1) is 9.12. The zero-order valence-corrected chi connectivity index (χ0v) is 9.97. The first kappa shape index (κ1) is 14.4. The van der Waals surface area contributed by atoms with E-state index in [-0.39, 0.29) is 5.69 Å². The number of rotatable bonds is 1. The lowest BCUT2D eigenvalue weighted by atomic mass is 9.97. The van der Waals surface area contributed by atoms with Crippen LogP contribution in [0.3, 0.4) is 0 Å². The molecule has 8 heteroatoms. The average Bonchev–Trinajstić information content (AvgIpc) is 2.72. The van der Waals surface area contributed by atoms with Crippen molar-refractivity contribution in [2.75, 3.05) is 0 Å². The maximum absolute atomic E-state index is 12.9. The zero-order valence-electron chi connectivity index (χ0n) is 9.97. The Hall–Kier alpha value is -1.99. The molecule has 0 aliphatic heterocycles. The van der Waals surface area contributed by atoms with Gasteiger partial charge in [0.2, 0.25) is 0 Å². The van der Waals surface area contributed by atoms with Gasteiger partial charge in [0.1, 0.15) is 6.20 Å². The van der Waals surface area contributed by atoms with E-state index in [0.717, 1.165) is 16.8 Å². The second-order valence-corrected chi connectivity index (χ2v) is 4.01. The molecule has 0 N–H and O–H groups in total. The third kappa shape index (κ3) is 2.50. The molecule has 20 heavy (non-hydrogen) atoms. The number of alkyl halides is 6. The molecule has 0 saturated heterocycles. The Morgan fingerprint density at radius 1 is 1.00 bits per heavy atom. The third-order valence-electron chi connectivity index (χ3n) is 2.69. The number of hydrogen-bond acceptors (Lipinski definition) is 1. The molecule has 0 bridgehead atoms. The van der Waals surface area contributed by atoms with E-state index in [0.29, 0.717) is 12.1 Å². The SMILES string of the molecule is Cn1n[c]cc1-c1c(C(F)(F)F)cccc1C(F)(F)F. The third-order valence-corrected chi connectivity index (χ3v) is 2.69. The lowest BCUT2D eigenvalue weighted by Crippen LogP contribution is -2.15. The van der Waals surface area contributed by atoms with Gasteiger partial charge in [-0.25, -0.2) is 0 Å². The van der Waals surface area contributed by atoms with Crippen LogP contribution in [0.25, 0.3) is 11.3 Å². The van der Waals surface area contributed by atoms with E-state index >= 15 is 0 Å². The topological polar surface area (TPSA) is 17.8 Å². The summed E-state index contributed by atoms with van der Waals surface area (Å²) >= 11 is 0. The molecule has 0 spiro atoms. The fourth-order valence-electron chi connectivity index (χ4n) is 1.86. The second-order valence-electron chi connectivity index (χ2n) is 4.01. The summed E-state index contributed by atoms with van der Waals surface area (Å²) in [5.41, 5.74) is -3.96. The van der Waals surface area contributed by atoms with Crippen LogP contribution in [-0.4, -0.2) is 9.78 Å². The number of hydrogen-bond donors (Lipinski definition) is 0. The van der Waals surface area contributed by atoms with E-state index in [1.807, 2.05) is 0 Å². The van der Waals surface area contributed by atoms with Crippen molar-refractivity contribution >= 4 is 0 Å². The van der Waals surface area contributed by atoms with Gasteiger partial charge in [0.25, 0.3) is 0 Å². The Morgan fingerprint density at radius 3 is 1.85 bits per heavy atom. The second kappa shape index (κ2) is 4.53. The molecule has 2 nitrogen and oxygen atoms in total. The van der Waals surface area contributed by atoms with Crippen LogP contribution in [0.5, 0.6) is 0 Å². The Morgan fingerprint density at radius 2 is 1.50 bits per heavy atom. The lowest BCUT2D eigenvalue weighted by Gasteiger charge is -2.18. The standard InChI is InChI=1S/C12H7F6N2/c1-20-9(5-6-19-20)10-7(11(13,14)15)3-2-4-8(10)12(16,17)18/h2-5H,1H3. The smallest absolute Gasteiger partial charge is 0.267 e. The Kier molecular flexibility index (Phi) is 3.27. The van der Waals surface area contributed by atoms with Crippen molar-refractivity contribution < 1.29 is 26.3 Å². The molecule has 0 fully saturated rings. The maximum atomic E-state index is 12.9. The van der Waals surface area contributed by atoms with E-state index in [1.165, 1.54) is 7.05 Å². The quantitative estimate of drug-likeness (QED) is 0.729. The van der Waals surface area contributed by atoms with Gasteiger partial charge in [-0.3, -0.25) is 4.68 Å². The van der Waals surface area contributed by atoms with Crippen molar-refractivity contribution in [3.05, 3.63) is 41.6 Å². The highest BCUT2D eigenvalue weighted by molar-refractivity contribution is 5.69. The van der Waals surface area contributed by atoms with Gasteiger partial charge >= 0.3 is 12.4 Å². The summed E-state index contributed by atoms with van der Waals surface area (Å²) in [5.74, 6) is 0. The molecule has 0 aliphatic rings. The maximum Gasteiger partial charge on any atom is 0.417 e. The molecule has 2 rings (SSSR count).